The predicted octanol–water partition coefficient (Wildman–Crippen LogP) is 2.55. The average Bonchev–Trinajstić information content (AvgIpc) is 2.54. The molecular weight excluding hydrogens is 270 g/mol. The molecule has 1 aliphatic carbocycles. The molecule has 5 heteroatoms. The lowest BCUT2D eigenvalue weighted by Gasteiger charge is -2.20. The Morgan fingerprint density at radius 1 is 1.05 bits per heavy atom. The number of hydrogen-bond donors (Lipinski definition) is 1. The zero-order valence-electron chi connectivity index (χ0n) is 12.6. The quantitative estimate of drug-likeness (QED) is 0.847. The lowest BCUT2D eigenvalue weighted by Crippen LogP contribution is -2.35. The summed E-state index contributed by atoms with van der Waals surface area (Å²) >= 11 is 0. The van der Waals surface area contributed by atoms with E-state index in [1.807, 2.05) is 0 Å². The van der Waals surface area contributed by atoms with Crippen molar-refractivity contribution < 1.29 is 19.0 Å². The van der Waals surface area contributed by atoms with Crippen LogP contribution in [0.2, 0.25) is 0 Å². The molecule has 1 aliphatic rings. The van der Waals surface area contributed by atoms with E-state index in [1.165, 1.54) is 14.2 Å². The lowest BCUT2D eigenvalue weighted by atomic mass is 10.0. The van der Waals surface area contributed by atoms with Gasteiger partial charge in [0.05, 0.1) is 26.9 Å². The van der Waals surface area contributed by atoms with Gasteiger partial charge in [0, 0.05) is 18.2 Å². The van der Waals surface area contributed by atoms with Gasteiger partial charge in [0.15, 0.2) is 11.5 Å². The molecule has 1 amide bonds. The highest BCUT2D eigenvalue weighted by atomic mass is 16.5. The van der Waals surface area contributed by atoms with E-state index in [4.69, 9.17) is 14.2 Å². The largest absolute Gasteiger partial charge is 0.496 e. The normalized spacial score (nSPS) is 17.2. The lowest BCUT2D eigenvalue weighted by molar-refractivity contribution is 0.0931. The Labute approximate surface area is 124 Å². The van der Waals surface area contributed by atoms with Gasteiger partial charge in [-0.25, -0.2) is 0 Å². The van der Waals surface area contributed by atoms with E-state index >= 15 is 0 Å². The molecule has 114 valence electrons. The second-order valence-corrected chi connectivity index (χ2v) is 4.86. The van der Waals surface area contributed by atoms with Crippen LogP contribution in [0, 0.1) is 0 Å². The monoisotopic (exact) mass is 291 g/mol. The SMILES string of the molecule is COc1cc(OC)c(C(=O)N[C@H]2CC=CCC2)cc1OC. The summed E-state index contributed by atoms with van der Waals surface area (Å²) in [6.07, 6.45) is 7.05. The van der Waals surface area contributed by atoms with E-state index in [0.717, 1.165) is 19.3 Å². The van der Waals surface area contributed by atoms with Crippen molar-refractivity contribution in [2.24, 2.45) is 0 Å². The fourth-order valence-corrected chi connectivity index (χ4v) is 2.39. The van der Waals surface area contributed by atoms with Gasteiger partial charge in [0.2, 0.25) is 0 Å². The molecule has 1 aromatic rings. The number of carbonyl (C=O) groups excluding carboxylic acids is 1. The fraction of sp³-hybridized carbons (Fsp3) is 0.438. The third kappa shape index (κ3) is 3.48. The minimum atomic E-state index is -0.159. The number of ether oxygens (including phenoxy) is 3. The van der Waals surface area contributed by atoms with E-state index in [0.29, 0.717) is 22.8 Å². The summed E-state index contributed by atoms with van der Waals surface area (Å²) in [7, 11) is 4.62. The fourth-order valence-electron chi connectivity index (χ4n) is 2.39. The molecule has 0 heterocycles. The molecule has 0 saturated carbocycles. The molecule has 0 bridgehead atoms. The van der Waals surface area contributed by atoms with Gasteiger partial charge in [-0.05, 0) is 19.3 Å². The van der Waals surface area contributed by atoms with Crippen molar-refractivity contribution in [3.05, 3.63) is 29.8 Å². The van der Waals surface area contributed by atoms with E-state index in [9.17, 15) is 4.79 Å². The highest BCUT2D eigenvalue weighted by molar-refractivity contribution is 5.98. The maximum Gasteiger partial charge on any atom is 0.255 e. The predicted molar refractivity (Wildman–Crippen MR) is 80.3 cm³/mol. The van der Waals surface area contributed by atoms with Gasteiger partial charge >= 0.3 is 0 Å². The molecule has 0 saturated heterocycles. The molecule has 0 fully saturated rings. The van der Waals surface area contributed by atoms with Crippen molar-refractivity contribution in [2.75, 3.05) is 21.3 Å². The van der Waals surface area contributed by atoms with Crippen molar-refractivity contribution >= 4 is 5.91 Å². The zero-order chi connectivity index (χ0) is 15.2. The Bertz CT molecular complexity index is 539. The van der Waals surface area contributed by atoms with Gasteiger partial charge < -0.3 is 19.5 Å². The van der Waals surface area contributed by atoms with Gasteiger partial charge in [0.25, 0.3) is 5.91 Å². The van der Waals surface area contributed by atoms with Gasteiger partial charge in [-0.3, -0.25) is 4.79 Å². The van der Waals surface area contributed by atoms with E-state index < -0.39 is 0 Å². The van der Waals surface area contributed by atoms with Crippen molar-refractivity contribution in [3.8, 4) is 17.2 Å². The molecule has 1 atom stereocenters. The number of amides is 1. The second kappa shape index (κ2) is 7.02. The van der Waals surface area contributed by atoms with Crippen LogP contribution in [0.4, 0.5) is 0 Å². The van der Waals surface area contributed by atoms with Crippen LogP contribution in [-0.2, 0) is 0 Å². The molecule has 0 aromatic heterocycles. The highest BCUT2D eigenvalue weighted by Crippen LogP contribution is 2.34. The van der Waals surface area contributed by atoms with Crippen LogP contribution in [0.3, 0.4) is 0 Å². The first-order valence-corrected chi connectivity index (χ1v) is 6.95. The number of rotatable bonds is 5. The number of benzene rings is 1. The summed E-state index contributed by atoms with van der Waals surface area (Å²) in [5.74, 6) is 1.35. The minimum Gasteiger partial charge on any atom is -0.496 e. The molecule has 0 aliphatic heterocycles. The molecule has 0 radical (unpaired) electrons. The van der Waals surface area contributed by atoms with Crippen LogP contribution < -0.4 is 19.5 Å². The summed E-state index contributed by atoms with van der Waals surface area (Å²) in [4.78, 5) is 12.4. The minimum absolute atomic E-state index is 0.159. The van der Waals surface area contributed by atoms with Gasteiger partial charge in [-0.1, -0.05) is 12.2 Å². The summed E-state index contributed by atoms with van der Waals surface area (Å²) < 4.78 is 15.7. The van der Waals surface area contributed by atoms with Crippen LogP contribution >= 0.6 is 0 Å². The van der Waals surface area contributed by atoms with Crippen LogP contribution in [-0.4, -0.2) is 33.3 Å². The molecule has 21 heavy (non-hydrogen) atoms. The van der Waals surface area contributed by atoms with Crippen molar-refractivity contribution in [1.82, 2.24) is 5.32 Å². The summed E-state index contributed by atoms with van der Waals surface area (Å²) in [5.41, 5.74) is 0.449. The van der Waals surface area contributed by atoms with Crippen LogP contribution in [0.1, 0.15) is 29.6 Å². The van der Waals surface area contributed by atoms with Crippen LogP contribution in [0.15, 0.2) is 24.3 Å². The Kier molecular flexibility index (Phi) is 5.09. The van der Waals surface area contributed by atoms with Crippen molar-refractivity contribution in [3.63, 3.8) is 0 Å². The summed E-state index contributed by atoms with van der Waals surface area (Å²) in [5, 5.41) is 3.03. The smallest absolute Gasteiger partial charge is 0.255 e. The maximum absolute atomic E-state index is 12.4. The van der Waals surface area contributed by atoms with E-state index in [1.54, 1.807) is 19.2 Å². The first-order valence-electron chi connectivity index (χ1n) is 6.95. The zero-order valence-corrected chi connectivity index (χ0v) is 12.6. The Morgan fingerprint density at radius 2 is 1.71 bits per heavy atom. The number of carbonyl (C=O) groups is 1. The molecular formula is C16H21NO4. The van der Waals surface area contributed by atoms with Gasteiger partial charge in [-0.2, -0.15) is 0 Å². The Morgan fingerprint density at radius 3 is 2.29 bits per heavy atom. The number of methoxy groups -OCH3 is 3. The number of nitrogens with one attached hydrogen (secondary N) is 1. The molecule has 2 rings (SSSR count). The Hall–Kier alpha value is -2.17. The van der Waals surface area contributed by atoms with E-state index in [2.05, 4.69) is 17.5 Å². The molecule has 1 aromatic carbocycles. The first-order chi connectivity index (χ1) is 10.2. The summed E-state index contributed by atoms with van der Waals surface area (Å²) in [6, 6.07) is 3.47. The third-order valence-electron chi connectivity index (χ3n) is 3.55. The number of hydrogen-bond acceptors (Lipinski definition) is 4. The topological polar surface area (TPSA) is 56.8 Å². The Balaban J connectivity index is 2.24. The maximum atomic E-state index is 12.4. The number of allylic oxidation sites excluding steroid dienone is 1. The molecule has 5 nitrogen and oxygen atoms in total. The van der Waals surface area contributed by atoms with E-state index in [-0.39, 0.29) is 11.9 Å². The second-order valence-electron chi connectivity index (χ2n) is 4.86. The molecule has 1 N–H and O–H groups in total. The van der Waals surface area contributed by atoms with Crippen molar-refractivity contribution in [2.45, 2.75) is 25.3 Å². The average molecular weight is 291 g/mol. The van der Waals surface area contributed by atoms with Gasteiger partial charge in [0.1, 0.15) is 5.75 Å². The highest BCUT2D eigenvalue weighted by Gasteiger charge is 2.20. The molecule has 0 unspecified atom stereocenters. The summed E-state index contributed by atoms with van der Waals surface area (Å²) in [6.45, 7) is 0. The van der Waals surface area contributed by atoms with Crippen molar-refractivity contribution in [1.29, 1.82) is 0 Å². The first kappa shape index (κ1) is 15.2. The van der Waals surface area contributed by atoms with Crippen LogP contribution in [0.5, 0.6) is 17.2 Å². The van der Waals surface area contributed by atoms with Crippen LogP contribution in [0.25, 0.3) is 0 Å². The third-order valence-corrected chi connectivity index (χ3v) is 3.55. The molecule has 0 spiro atoms. The van der Waals surface area contributed by atoms with Gasteiger partial charge in [-0.15, -0.1) is 0 Å². The standard InChI is InChI=1S/C16H21NO4/c1-19-13-10-15(21-3)14(20-2)9-12(13)16(18)17-11-7-5-4-6-8-11/h4-5,9-11H,6-8H2,1-3H3,(H,17,18)/t11-/m0/s1.